The lowest BCUT2D eigenvalue weighted by Gasteiger charge is -2.20. The van der Waals surface area contributed by atoms with E-state index in [1.807, 2.05) is 44.2 Å². The number of furan rings is 1. The number of anilines is 1. The standard InChI is InChI=1S/C20H19N3O3/c1-11-3-7-17-16(21-11)10-18(26-17)20(25)22-12(2)13-4-6-15-14(9-13)5-8-19(24)23-15/h3-4,6-7,9-10,12H,5,8H2,1-2H3,(H,22,25)(H,23,24)/t12-/m1/s1. The molecule has 2 aromatic heterocycles. The van der Waals surface area contributed by atoms with Crippen LogP contribution in [0.5, 0.6) is 0 Å². The van der Waals surface area contributed by atoms with Crippen molar-refractivity contribution in [3.8, 4) is 0 Å². The Morgan fingerprint density at radius 3 is 2.92 bits per heavy atom. The predicted octanol–water partition coefficient (Wildman–Crippen LogP) is 3.51. The van der Waals surface area contributed by atoms with Gasteiger partial charge in [-0.1, -0.05) is 12.1 Å². The van der Waals surface area contributed by atoms with Gasteiger partial charge in [0.25, 0.3) is 5.91 Å². The fraction of sp³-hybridized carbons (Fsp3) is 0.250. The SMILES string of the molecule is Cc1ccc2oc(C(=O)N[C@H](C)c3ccc4c(c3)CCC(=O)N4)cc2n1. The van der Waals surface area contributed by atoms with Gasteiger partial charge in [0, 0.05) is 23.9 Å². The van der Waals surface area contributed by atoms with Crippen molar-refractivity contribution in [1.29, 1.82) is 0 Å². The van der Waals surface area contributed by atoms with Gasteiger partial charge in [-0.3, -0.25) is 9.59 Å². The molecule has 26 heavy (non-hydrogen) atoms. The van der Waals surface area contributed by atoms with Crippen LogP contribution in [0.2, 0.25) is 0 Å². The number of amides is 2. The summed E-state index contributed by atoms with van der Waals surface area (Å²) in [7, 11) is 0. The van der Waals surface area contributed by atoms with Crippen molar-refractivity contribution in [1.82, 2.24) is 10.3 Å². The number of aromatic nitrogens is 1. The van der Waals surface area contributed by atoms with Gasteiger partial charge in [0.15, 0.2) is 11.3 Å². The average molecular weight is 349 g/mol. The number of carbonyl (C=O) groups is 2. The van der Waals surface area contributed by atoms with Gasteiger partial charge in [-0.25, -0.2) is 4.98 Å². The number of rotatable bonds is 3. The third-order valence-corrected chi connectivity index (χ3v) is 4.61. The Morgan fingerprint density at radius 2 is 2.08 bits per heavy atom. The van der Waals surface area contributed by atoms with Gasteiger partial charge in [0.2, 0.25) is 5.91 Å². The van der Waals surface area contributed by atoms with Crippen LogP contribution in [0, 0.1) is 6.92 Å². The highest BCUT2D eigenvalue weighted by Crippen LogP contribution is 2.26. The minimum atomic E-state index is -0.279. The molecular weight excluding hydrogens is 330 g/mol. The molecule has 3 heterocycles. The second-order valence-electron chi connectivity index (χ2n) is 6.61. The lowest BCUT2D eigenvalue weighted by atomic mass is 9.98. The van der Waals surface area contributed by atoms with Crippen LogP contribution in [0.1, 0.15) is 46.8 Å². The molecule has 1 aromatic carbocycles. The molecule has 1 aliphatic heterocycles. The molecule has 0 saturated heterocycles. The summed E-state index contributed by atoms with van der Waals surface area (Å²) < 4.78 is 5.60. The summed E-state index contributed by atoms with van der Waals surface area (Å²) in [5.74, 6) is 0.00897. The van der Waals surface area contributed by atoms with E-state index in [1.165, 1.54) is 0 Å². The lowest BCUT2D eigenvalue weighted by molar-refractivity contribution is -0.116. The van der Waals surface area contributed by atoms with Crippen LogP contribution in [0.4, 0.5) is 5.69 Å². The molecule has 132 valence electrons. The number of pyridine rings is 1. The number of hydrogen-bond donors (Lipinski definition) is 2. The fourth-order valence-corrected chi connectivity index (χ4v) is 3.16. The minimum absolute atomic E-state index is 0.0420. The summed E-state index contributed by atoms with van der Waals surface area (Å²) in [6, 6.07) is 11.0. The second kappa shape index (κ2) is 6.29. The van der Waals surface area contributed by atoms with Crippen LogP contribution in [-0.4, -0.2) is 16.8 Å². The maximum absolute atomic E-state index is 12.5. The molecule has 1 aliphatic rings. The zero-order chi connectivity index (χ0) is 18.3. The Morgan fingerprint density at radius 1 is 1.23 bits per heavy atom. The van der Waals surface area contributed by atoms with Crippen molar-refractivity contribution in [2.24, 2.45) is 0 Å². The van der Waals surface area contributed by atoms with Crippen LogP contribution >= 0.6 is 0 Å². The molecule has 0 spiro atoms. The first kappa shape index (κ1) is 16.3. The summed E-state index contributed by atoms with van der Waals surface area (Å²) in [4.78, 5) is 28.3. The predicted molar refractivity (Wildman–Crippen MR) is 98.0 cm³/mol. The summed E-state index contributed by atoms with van der Waals surface area (Å²) in [6.07, 6.45) is 1.20. The summed E-state index contributed by atoms with van der Waals surface area (Å²) in [5.41, 5.74) is 5.07. The van der Waals surface area contributed by atoms with E-state index in [0.29, 0.717) is 23.9 Å². The fourth-order valence-electron chi connectivity index (χ4n) is 3.16. The van der Waals surface area contributed by atoms with Crippen molar-refractivity contribution in [3.63, 3.8) is 0 Å². The van der Waals surface area contributed by atoms with Crippen molar-refractivity contribution in [2.45, 2.75) is 32.7 Å². The molecular formula is C20H19N3O3. The molecule has 2 N–H and O–H groups in total. The van der Waals surface area contributed by atoms with E-state index in [-0.39, 0.29) is 23.6 Å². The Bertz CT molecular complexity index is 1020. The normalized spacial score (nSPS) is 14.6. The van der Waals surface area contributed by atoms with Gasteiger partial charge >= 0.3 is 0 Å². The van der Waals surface area contributed by atoms with Crippen molar-refractivity contribution < 1.29 is 14.0 Å². The molecule has 0 saturated carbocycles. The quantitative estimate of drug-likeness (QED) is 0.758. The summed E-state index contributed by atoms with van der Waals surface area (Å²) in [5, 5.41) is 5.82. The van der Waals surface area contributed by atoms with Gasteiger partial charge in [0.05, 0.1) is 6.04 Å². The van der Waals surface area contributed by atoms with Crippen molar-refractivity contribution in [2.75, 3.05) is 5.32 Å². The molecule has 3 aromatic rings. The number of hydrogen-bond acceptors (Lipinski definition) is 4. The minimum Gasteiger partial charge on any atom is -0.449 e. The Balaban J connectivity index is 1.52. The maximum atomic E-state index is 12.5. The van der Waals surface area contributed by atoms with Crippen LogP contribution in [0.3, 0.4) is 0 Å². The van der Waals surface area contributed by atoms with Gasteiger partial charge in [-0.05, 0) is 49.6 Å². The van der Waals surface area contributed by atoms with Gasteiger partial charge in [0.1, 0.15) is 5.52 Å². The number of nitrogens with one attached hydrogen (secondary N) is 2. The molecule has 0 aliphatic carbocycles. The molecule has 6 heteroatoms. The largest absolute Gasteiger partial charge is 0.449 e. The molecule has 0 radical (unpaired) electrons. The number of nitrogens with zero attached hydrogens (tertiary/aromatic N) is 1. The molecule has 0 bridgehead atoms. The first-order valence-electron chi connectivity index (χ1n) is 8.60. The molecule has 2 amide bonds. The summed E-state index contributed by atoms with van der Waals surface area (Å²) in [6.45, 7) is 3.82. The molecule has 6 nitrogen and oxygen atoms in total. The van der Waals surface area contributed by atoms with E-state index in [1.54, 1.807) is 6.07 Å². The zero-order valence-corrected chi connectivity index (χ0v) is 14.6. The lowest BCUT2D eigenvalue weighted by Crippen LogP contribution is -2.26. The highest BCUT2D eigenvalue weighted by atomic mass is 16.3. The number of fused-ring (bicyclic) bond motifs is 2. The van der Waals surface area contributed by atoms with Gasteiger partial charge < -0.3 is 15.1 Å². The smallest absolute Gasteiger partial charge is 0.287 e. The Labute approximate surface area is 150 Å². The van der Waals surface area contributed by atoms with Crippen LogP contribution in [0.25, 0.3) is 11.1 Å². The van der Waals surface area contributed by atoms with Crippen LogP contribution in [0.15, 0.2) is 40.8 Å². The molecule has 1 atom stereocenters. The Kier molecular flexibility index (Phi) is 3.95. The number of benzene rings is 1. The van der Waals surface area contributed by atoms with E-state index in [9.17, 15) is 9.59 Å². The molecule has 0 unspecified atom stereocenters. The highest BCUT2D eigenvalue weighted by Gasteiger charge is 2.19. The van der Waals surface area contributed by atoms with Crippen molar-refractivity contribution in [3.05, 3.63) is 59.0 Å². The van der Waals surface area contributed by atoms with E-state index >= 15 is 0 Å². The molecule has 0 fully saturated rings. The number of aryl methyl sites for hydroxylation is 2. The first-order chi connectivity index (χ1) is 12.5. The van der Waals surface area contributed by atoms with Crippen molar-refractivity contribution >= 4 is 28.6 Å². The summed E-state index contributed by atoms with van der Waals surface area (Å²) >= 11 is 0. The number of carbonyl (C=O) groups excluding carboxylic acids is 2. The van der Waals surface area contributed by atoms with E-state index in [2.05, 4.69) is 15.6 Å². The topological polar surface area (TPSA) is 84.2 Å². The third kappa shape index (κ3) is 3.06. The van der Waals surface area contributed by atoms with E-state index in [4.69, 9.17) is 4.42 Å². The van der Waals surface area contributed by atoms with E-state index < -0.39 is 0 Å². The van der Waals surface area contributed by atoms with Crippen LogP contribution in [-0.2, 0) is 11.2 Å². The van der Waals surface area contributed by atoms with Gasteiger partial charge in [-0.15, -0.1) is 0 Å². The average Bonchev–Trinajstić information content (AvgIpc) is 3.04. The monoisotopic (exact) mass is 349 g/mol. The van der Waals surface area contributed by atoms with E-state index in [0.717, 1.165) is 22.5 Å². The third-order valence-electron chi connectivity index (χ3n) is 4.61. The first-order valence-corrected chi connectivity index (χ1v) is 8.60. The molecule has 4 rings (SSSR count). The maximum Gasteiger partial charge on any atom is 0.287 e. The van der Waals surface area contributed by atoms with Crippen LogP contribution < -0.4 is 10.6 Å². The zero-order valence-electron chi connectivity index (χ0n) is 14.6. The highest BCUT2D eigenvalue weighted by molar-refractivity contribution is 5.96. The second-order valence-corrected chi connectivity index (χ2v) is 6.61. The Hall–Kier alpha value is -3.15. The van der Waals surface area contributed by atoms with Gasteiger partial charge in [-0.2, -0.15) is 0 Å².